The van der Waals surface area contributed by atoms with Gasteiger partial charge in [0, 0.05) is 12.1 Å². The van der Waals surface area contributed by atoms with Gasteiger partial charge in [-0.15, -0.1) is 0 Å². The first-order valence-electron chi connectivity index (χ1n) is 6.84. The number of anilines is 1. The van der Waals surface area contributed by atoms with Crippen molar-refractivity contribution in [1.29, 1.82) is 0 Å². The maximum atomic E-state index is 10.7. The van der Waals surface area contributed by atoms with Gasteiger partial charge in [-0.25, -0.2) is 0 Å². The van der Waals surface area contributed by atoms with E-state index in [4.69, 9.17) is 15.2 Å². The second-order valence-electron chi connectivity index (χ2n) is 4.69. The first kappa shape index (κ1) is 15.2. The number of aliphatic hydroxyl groups excluding tert-OH is 1. The zero-order chi connectivity index (χ0) is 15.4. The van der Waals surface area contributed by atoms with Gasteiger partial charge < -0.3 is 20.3 Å². The molecule has 21 heavy (non-hydrogen) atoms. The molecule has 1 aromatic heterocycles. The van der Waals surface area contributed by atoms with E-state index in [0.29, 0.717) is 35.0 Å². The molecule has 0 aliphatic rings. The fourth-order valence-corrected chi connectivity index (χ4v) is 2.33. The number of hydrogen-bond donors (Lipinski definition) is 2. The third-order valence-corrected chi connectivity index (χ3v) is 3.37. The van der Waals surface area contributed by atoms with E-state index in [1.54, 1.807) is 43.3 Å². The van der Waals surface area contributed by atoms with Gasteiger partial charge in [-0.3, -0.25) is 4.68 Å². The molecule has 1 atom stereocenters. The monoisotopic (exact) mass is 291 g/mol. The van der Waals surface area contributed by atoms with E-state index in [1.807, 2.05) is 6.92 Å². The predicted molar refractivity (Wildman–Crippen MR) is 80.5 cm³/mol. The molecule has 0 radical (unpaired) electrons. The van der Waals surface area contributed by atoms with Gasteiger partial charge in [0.15, 0.2) is 5.75 Å². The average Bonchev–Trinajstić information content (AvgIpc) is 2.90. The smallest absolute Gasteiger partial charge is 0.163 e. The first-order chi connectivity index (χ1) is 10.1. The number of aromatic nitrogens is 2. The highest BCUT2D eigenvalue weighted by atomic mass is 16.5. The number of aliphatic hydroxyl groups is 1. The Balaban J connectivity index is 2.49. The lowest BCUT2D eigenvalue weighted by molar-refractivity contribution is 0.202. The Bertz CT molecular complexity index is 610. The normalized spacial score (nSPS) is 12.2. The van der Waals surface area contributed by atoms with Gasteiger partial charge in [0.1, 0.15) is 17.5 Å². The highest BCUT2D eigenvalue weighted by molar-refractivity contribution is 5.60. The number of nitrogen functional groups attached to an aromatic ring is 1. The second kappa shape index (κ2) is 6.49. The molecule has 0 amide bonds. The van der Waals surface area contributed by atoms with E-state index in [0.717, 1.165) is 6.42 Å². The summed E-state index contributed by atoms with van der Waals surface area (Å²) in [5.74, 6) is 1.07. The van der Waals surface area contributed by atoms with Gasteiger partial charge in [-0.2, -0.15) is 5.10 Å². The summed E-state index contributed by atoms with van der Waals surface area (Å²) in [5, 5.41) is 15.0. The molecule has 3 N–H and O–H groups in total. The lowest BCUT2D eigenvalue weighted by Crippen LogP contribution is -2.13. The van der Waals surface area contributed by atoms with Crippen molar-refractivity contribution in [3.05, 3.63) is 35.7 Å². The van der Waals surface area contributed by atoms with Crippen molar-refractivity contribution >= 4 is 5.69 Å². The predicted octanol–water partition coefficient (Wildman–Crippen LogP) is 1.97. The summed E-state index contributed by atoms with van der Waals surface area (Å²) in [7, 11) is 3.10. The van der Waals surface area contributed by atoms with Crippen LogP contribution >= 0.6 is 0 Å². The minimum atomic E-state index is -0.927. The Morgan fingerprint density at radius 1 is 1.29 bits per heavy atom. The Morgan fingerprint density at radius 3 is 2.62 bits per heavy atom. The van der Waals surface area contributed by atoms with Crippen molar-refractivity contribution in [2.24, 2.45) is 0 Å². The van der Waals surface area contributed by atoms with Crippen LogP contribution in [-0.2, 0) is 6.54 Å². The van der Waals surface area contributed by atoms with Crippen molar-refractivity contribution in [3.63, 3.8) is 0 Å². The van der Waals surface area contributed by atoms with Crippen molar-refractivity contribution in [2.45, 2.75) is 26.0 Å². The number of hydrogen-bond acceptors (Lipinski definition) is 5. The zero-order valence-electron chi connectivity index (χ0n) is 12.5. The van der Waals surface area contributed by atoms with E-state index < -0.39 is 6.10 Å². The Morgan fingerprint density at radius 2 is 2.00 bits per heavy atom. The summed E-state index contributed by atoms with van der Waals surface area (Å²) in [6, 6.07) is 5.32. The molecule has 1 heterocycles. The van der Waals surface area contributed by atoms with E-state index in [1.165, 1.54) is 0 Å². The first-order valence-corrected chi connectivity index (χ1v) is 6.84. The number of para-hydroxylation sites is 1. The van der Waals surface area contributed by atoms with E-state index in [2.05, 4.69) is 5.10 Å². The van der Waals surface area contributed by atoms with Gasteiger partial charge in [0.2, 0.25) is 0 Å². The summed E-state index contributed by atoms with van der Waals surface area (Å²) in [4.78, 5) is 0. The molecule has 0 aliphatic carbocycles. The number of methoxy groups -OCH3 is 2. The highest BCUT2D eigenvalue weighted by Crippen LogP contribution is 2.36. The summed E-state index contributed by atoms with van der Waals surface area (Å²) < 4.78 is 12.2. The van der Waals surface area contributed by atoms with Gasteiger partial charge in [-0.05, 0) is 12.5 Å². The van der Waals surface area contributed by atoms with E-state index >= 15 is 0 Å². The minimum absolute atomic E-state index is 0.416. The third kappa shape index (κ3) is 2.80. The number of aryl methyl sites for hydroxylation is 1. The standard InChI is InChI=1S/C15H21N3O3/c1-4-8-18-14(12(21-3)9-17-18)15(19)10-6-5-7-11(20-2)13(10)16/h5-7,9,15,19H,4,8,16H2,1-3H3. The molecule has 0 aliphatic heterocycles. The average molecular weight is 291 g/mol. The van der Waals surface area contributed by atoms with Crippen molar-refractivity contribution in [1.82, 2.24) is 9.78 Å². The molecule has 6 nitrogen and oxygen atoms in total. The van der Waals surface area contributed by atoms with Crippen LogP contribution in [-0.4, -0.2) is 29.1 Å². The Labute approximate surface area is 124 Å². The fraction of sp³-hybridized carbons (Fsp3) is 0.400. The number of benzene rings is 1. The zero-order valence-corrected chi connectivity index (χ0v) is 12.5. The SMILES string of the molecule is CCCn1ncc(OC)c1C(O)c1cccc(OC)c1N. The van der Waals surface area contributed by atoms with Gasteiger partial charge in [0.25, 0.3) is 0 Å². The number of nitrogens with two attached hydrogens (primary N) is 1. The van der Waals surface area contributed by atoms with Crippen molar-refractivity contribution in [2.75, 3.05) is 20.0 Å². The lowest BCUT2D eigenvalue weighted by atomic mass is 10.0. The van der Waals surface area contributed by atoms with Crippen LogP contribution in [0.4, 0.5) is 5.69 Å². The van der Waals surface area contributed by atoms with Gasteiger partial charge in [-0.1, -0.05) is 19.1 Å². The van der Waals surface area contributed by atoms with E-state index in [-0.39, 0.29) is 0 Å². The maximum Gasteiger partial charge on any atom is 0.163 e. The molecule has 0 bridgehead atoms. The van der Waals surface area contributed by atoms with Crippen LogP contribution in [0.15, 0.2) is 24.4 Å². The molecule has 0 spiro atoms. The van der Waals surface area contributed by atoms with E-state index in [9.17, 15) is 5.11 Å². The molecule has 114 valence electrons. The molecule has 6 heteroatoms. The van der Waals surface area contributed by atoms with Crippen LogP contribution in [0.2, 0.25) is 0 Å². The van der Waals surface area contributed by atoms with Gasteiger partial charge in [0.05, 0.1) is 26.1 Å². The van der Waals surface area contributed by atoms with Crippen LogP contribution in [0.25, 0.3) is 0 Å². The third-order valence-electron chi connectivity index (χ3n) is 3.37. The molecule has 1 aromatic carbocycles. The number of nitrogens with zero attached hydrogens (tertiary/aromatic N) is 2. The van der Waals surface area contributed by atoms with Crippen molar-refractivity contribution in [3.8, 4) is 11.5 Å². The quantitative estimate of drug-likeness (QED) is 0.795. The lowest BCUT2D eigenvalue weighted by Gasteiger charge is -2.18. The Hall–Kier alpha value is -2.21. The molecule has 2 aromatic rings. The highest BCUT2D eigenvalue weighted by Gasteiger charge is 2.24. The molecule has 0 saturated carbocycles. The van der Waals surface area contributed by atoms with Crippen molar-refractivity contribution < 1.29 is 14.6 Å². The summed E-state index contributed by atoms with van der Waals surface area (Å²) in [6.07, 6.45) is 1.58. The minimum Gasteiger partial charge on any atom is -0.495 e. The second-order valence-corrected chi connectivity index (χ2v) is 4.69. The molecular weight excluding hydrogens is 270 g/mol. The number of ether oxygens (including phenoxy) is 2. The van der Waals surface area contributed by atoms with Crippen LogP contribution < -0.4 is 15.2 Å². The van der Waals surface area contributed by atoms with Crippen LogP contribution in [0.1, 0.15) is 30.7 Å². The molecule has 2 rings (SSSR count). The molecular formula is C15H21N3O3. The summed E-state index contributed by atoms with van der Waals surface area (Å²) in [6.45, 7) is 2.74. The van der Waals surface area contributed by atoms with Gasteiger partial charge >= 0.3 is 0 Å². The maximum absolute atomic E-state index is 10.7. The van der Waals surface area contributed by atoms with Crippen LogP contribution in [0, 0.1) is 0 Å². The van der Waals surface area contributed by atoms with Crippen LogP contribution in [0.5, 0.6) is 11.5 Å². The summed E-state index contributed by atoms with van der Waals surface area (Å²) >= 11 is 0. The number of rotatable bonds is 6. The summed E-state index contributed by atoms with van der Waals surface area (Å²) in [5.41, 5.74) is 7.65. The fourth-order valence-electron chi connectivity index (χ4n) is 2.33. The molecule has 1 unspecified atom stereocenters. The molecule has 0 saturated heterocycles. The largest absolute Gasteiger partial charge is 0.495 e. The molecule has 0 fully saturated rings. The topological polar surface area (TPSA) is 82.5 Å². The van der Waals surface area contributed by atoms with Crippen LogP contribution in [0.3, 0.4) is 0 Å². The Kier molecular flexibility index (Phi) is 4.70.